The molecule has 1 saturated carbocycles. The molecule has 4 N–H and O–H groups in total. The van der Waals surface area contributed by atoms with E-state index in [1.807, 2.05) is 0 Å². The molecule has 1 heterocycles. The normalized spacial score (nSPS) is 39.6. The average molecular weight is 169 g/mol. The van der Waals surface area contributed by atoms with E-state index < -0.39 is 0 Å². The van der Waals surface area contributed by atoms with E-state index >= 15 is 0 Å². The van der Waals surface area contributed by atoms with Gasteiger partial charge in [0.25, 0.3) is 0 Å². The number of hydrogen-bond acceptors (Lipinski definition) is 3. The second kappa shape index (κ2) is 3.03. The third-order valence-corrected chi connectivity index (χ3v) is 2.60. The lowest BCUT2D eigenvalue weighted by molar-refractivity contribution is -0.124. The zero-order chi connectivity index (χ0) is 8.55. The number of rotatable bonds is 2. The molecular weight excluding hydrogens is 154 g/mol. The second-order valence-corrected chi connectivity index (χ2v) is 3.70. The van der Waals surface area contributed by atoms with Crippen molar-refractivity contribution in [1.29, 1.82) is 0 Å². The van der Waals surface area contributed by atoms with Crippen LogP contribution in [0.2, 0.25) is 0 Å². The van der Waals surface area contributed by atoms with Gasteiger partial charge in [0.15, 0.2) is 0 Å². The minimum absolute atomic E-state index is 0.179. The zero-order valence-corrected chi connectivity index (χ0v) is 7.05. The van der Waals surface area contributed by atoms with E-state index in [1.165, 1.54) is 0 Å². The van der Waals surface area contributed by atoms with Gasteiger partial charge in [-0.05, 0) is 19.4 Å². The Hall–Kier alpha value is -0.610. The Morgan fingerprint density at radius 3 is 2.83 bits per heavy atom. The summed E-state index contributed by atoms with van der Waals surface area (Å²) in [5.74, 6) is 0.357. The van der Waals surface area contributed by atoms with E-state index in [0.29, 0.717) is 0 Å². The summed E-state index contributed by atoms with van der Waals surface area (Å²) in [7, 11) is 0. The summed E-state index contributed by atoms with van der Waals surface area (Å²) >= 11 is 0. The van der Waals surface area contributed by atoms with Gasteiger partial charge in [-0.1, -0.05) is 0 Å². The largest absolute Gasteiger partial charge is 0.351 e. The van der Waals surface area contributed by atoms with Gasteiger partial charge in [-0.15, -0.1) is 0 Å². The number of hydrogen-bond donors (Lipinski definition) is 3. The fourth-order valence-corrected chi connectivity index (χ4v) is 1.56. The number of amides is 1. The van der Waals surface area contributed by atoms with E-state index in [4.69, 9.17) is 5.73 Å². The summed E-state index contributed by atoms with van der Waals surface area (Å²) in [6.07, 6.45) is 1.92. The molecule has 2 unspecified atom stereocenters. The molecule has 12 heavy (non-hydrogen) atoms. The second-order valence-electron chi connectivity index (χ2n) is 3.70. The highest BCUT2D eigenvalue weighted by Crippen LogP contribution is 2.19. The van der Waals surface area contributed by atoms with Crippen LogP contribution >= 0.6 is 0 Å². The van der Waals surface area contributed by atoms with Crippen molar-refractivity contribution in [2.45, 2.75) is 24.9 Å². The molecule has 4 nitrogen and oxygen atoms in total. The Morgan fingerprint density at radius 2 is 2.33 bits per heavy atom. The van der Waals surface area contributed by atoms with E-state index in [9.17, 15) is 4.79 Å². The highest BCUT2D eigenvalue weighted by atomic mass is 16.2. The Balaban J connectivity index is 1.76. The third-order valence-electron chi connectivity index (χ3n) is 2.60. The lowest BCUT2D eigenvalue weighted by Crippen LogP contribution is -2.35. The monoisotopic (exact) mass is 169 g/mol. The van der Waals surface area contributed by atoms with Crippen molar-refractivity contribution in [1.82, 2.24) is 10.6 Å². The minimum Gasteiger partial charge on any atom is -0.351 e. The first kappa shape index (κ1) is 8.01. The molecule has 0 radical (unpaired) electrons. The van der Waals surface area contributed by atoms with Crippen molar-refractivity contribution in [3.05, 3.63) is 0 Å². The standard InChI is InChI=1S/C8H15N3O/c9-6-3-7(6)11-8(12)5-1-2-10-4-5/h5-7,10H,1-4,9H2,(H,11,12)/t5-,6?,7?/m1/s1. The fourth-order valence-electron chi connectivity index (χ4n) is 1.56. The van der Waals surface area contributed by atoms with Crippen molar-refractivity contribution in [2.24, 2.45) is 11.7 Å². The first-order valence-corrected chi connectivity index (χ1v) is 4.54. The Bertz CT molecular complexity index is 189. The smallest absolute Gasteiger partial charge is 0.224 e. The van der Waals surface area contributed by atoms with Crippen LogP contribution in [0.5, 0.6) is 0 Å². The Morgan fingerprint density at radius 1 is 1.58 bits per heavy atom. The van der Waals surface area contributed by atoms with Gasteiger partial charge >= 0.3 is 0 Å². The van der Waals surface area contributed by atoms with Crippen LogP contribution in [0.25, 0.3) is 0 Å². The maximum atomic E-state index is 11.4. The van der Waals surface area contributed by atoms with Crippen molar-refractivity contribution < 1.29 is 4.79 Å². The number of nitrogens with two attached hydrogens (primary N) is 1. The van der Waals surface area contributed by atoms with Crippen LogP contribution in [-0.2, 0) is 4.79 Å². The number of carbonyl (C=O) groups is 1. The van der Waals surface area contributed by atoms with Crippen LogP contribution in [0, 0.1) is 5.92 Å². The molecule has 2 fully saturated rings. The molecule has 0 aromatic rings. The van der Waals surface area contributed by atoms with E-state index in [1.54, 1.807) is 0 Å². The minimum atomic E-state index is 0.179. The predicted molar refractivity (Wildman–Crippen MR) is 45.5 cm³/mol. The molecule has 1 aliphatic heterocycles. The van der Waals surface area contributed by atoms with Gasteiger partial charge in [-0.25, -0.2) is 0 Å². The van der Waals surface area contributed by atoms with Gasteiger partial charge in [0.05, 0.1) is 5.92 Å². The van der Waals surface area contributed by atoms with Gasteiger partial charge in [0.2, 0.25) is 5.91 Å². The van der Waals surface area contributed by atoms with E-state index in [2.05, 4.69) is 10.6 Å². The van der Waals surface area contributed by atoms with E-state index in [0.717, 1.165) is 25.9 Å². The van der Waals surface area contributed by atoms with Crippen molar-refractivity contribution in [3.63, 3.8) is 0 Å². The zero-order valence-electron chi connectivity index (χ0n) is 7.05. The lowest BCUT2D eigenvalue weighted by Gasteiger charge is -2.08. The fraction of sp³-hybridized carbons (Fsp3) is 0.875. The number of carbonyl (C=O) groups excluding carboxylic acids is 1. The van der Waals surface area contributed by atoms with Gasteiger partial charge in [-0.2, -0.15) is 0 Å². The van der Waals surface area contributed by atoms with E-state index in [-0.39, 0.29) is 23.9 Å². The van der Waals surface area contributed by atoms with Crippen LogP contribution in [0.15, 0.2) is 0 Å². The lowest BCUT2D eigenvalue weighted by atomic mass is 10.1. The van der Waals surface area contributed by atoms with Crippen LogP contribution in [0.3, 0.4) is 0 Å². The summed E-state index contributed by atoms with van der Waals surface area (Å²) in [6, 6.07) is 0.474. The first-order valence-electron chi connectivity index (χ1n) is 4.54. The summed E-state index contributed by atoms with van der Waals surface area (Å²) in [5, 5.41) is 6.11. The average Bonchev–Trinajstić information content (AvgIpc) is 2.58. The molecule has 68 valence electrons. The SMILES string of the molecule is NC1CC1NC(=O)[C@@H]1CCNC1. The molecule has 0 bridgehead atoms. The van der Waals surface area contributed by atoms with Crippen molar-refractivity contribution >= 4 is 5.91 Å². The summed E-state index contributed by atoms with van der Waals surface area (Å²) in [4.78, 5) is 11.4. The van der Waals surface area contributed by atoms with Crippen LogP contribution in [0.1, 0.15) is 12.8 Å². The number of nitrogens with one attached hydrogen (secondary N) is 2. The first-order chi connectivity index (χ1) is 5.77. The highest BCUT2D eigenvalue weighted by Gasteiger charge is 2.36. The molecule has 2 rings (SSSR count). The molecule has 0 aromatic carbocycles. The quantitative estimate of drug-likeness (QED) is 0.487. The molecule has 1 saturated heterocycles. The Labute approximate surface area is 71.9 Å². The third kappa shape index (κ3) is 1.59. The maximum absolute atomic E-state index is 11.4. The van der Waals surface area contributed by atoms with Crippen LogP contribution in [-0.4, -0.2) is 31.1 Å². The summed E-state index contributed by atoms with van der Waals surface area (Å²) in [5.41, 5.74) is 5.58. The maximum Gasteiger partial charge on any atom is 0.224 e. The van der Waals surface area contributed by atoms with Crippen LogP contribution in [0.4, 0.5) is 0 Å². The molecule has 0 spiro atoms. The molecule has 1 aliphatic carbocycles. The summed E-state index contributed by atoms with van der Waals surface area (Å²) < 4.78 is 0. The molecular formula is C8H15N3O. The molecule has 3 atom stereocenters. The van der Waals surface area contributed by atoms with Crippen molar-refractivity contribution in [3.8, 4) is 0 Å². The van der Waals surface area contributed by atoms with Gasteiger partial charge < -0.3 is 16.4 Å². The summed E-state index contributed by atoms with van der Waals surface area (Å²) in [6.45, 7) is 1.79. The topological polar surface area (TPSA) is 67.1 Å². The molecule has 0 aromatic heterocycles. The van der Waals surface area contributed by atoms with Gasteiger partial charge in [-0.3, -0.25) is 4.79 Å². The van der Waals surface area contributed by atoms with Gasteiger partial charge in [0.1, 0.15) is 0 Å². The molecule has 4 heteroatoms. The Kier molecular flexibility index (Phi) is 2.02. The molecule has 2 aliphatic rings. The van der Waals surface area contributed by atoms with Crippen molar-refractivity contribution in [2.75, 3.05) is 13.1 Å². The molecule has 1 amide bonds. The van der Waals surface area contributed by atoms with Gasteiger partial charge in [0, 0.05) is 18.6 Å². The predicted octanol–water partition coefficient (Wildman–Crippen LogP) is -1.19. The highest BCUT2D eigenvalue weighted by molar-refractivity contribution is 5.80. The van der Waals surface area contributed by atoms with Crippen LogP contribution < -0.4 is 16.4 Å².